The van der Waals surface area contributed by atoms with Crippen molar-refractivity contribution < 1.29 is 4.79 Å². The van der Waals surface area contributed by atoms with Crippen molar-refractivity contribution in [3.63, 3.8) is 0 Å². The SMILES string of the molecule is CN=C(NCCC(=O)NC(C)C)NCC(C)(C)N1CCCCC1.I. The van der Waals surface area contributed by atoms with E-state index in [2.05, 4.69) is 39.7 Å². The van der Waals surface area contributed by atoms with Crippen molar-refractivity contribution >= 4 is 35.8 Å². The van der Waals surface area contributed by atoms with Crippen LogP contribution in [0.5, 0.6) is 0 Å². The smallest absolute Gasteiger partial charge is 0.221 e. The molecule has 0 aromatic heterocycles. The Morgan fingerprint density at radius 2 is 1.79 bits per heavy atom. The monoisotopic (exact) mass is 453 g/mol. The number of amides is 1. The van der Waals surface area contributed by atoms with Crippen LogP contribution in [0, 0.1) is 0 Å². The number of carbonyl (C=O) groups excluding carboxylic acids is 1. The van der Waals surface area contributed by atoms with Crippen LogP contribution in [-0.4, -0.2) is 61.6 Å². The highest BCUT2D eigenvalue weighted by atomic mass is 127. The minimum absolute atomic E-state index is 0. The molecule has 3 N–H and O–H groups in total. The van der Waals surface area contributed by atoms with Gasteiger partial charge < -0.3 is 16.0 Å². The Labute approximate surface area is 164 Å². The Morgan fingerprint density at radius 3 is 2.33 bits per heavy atom. The van der Waals surface area contributed by atoms with Crippen molar-refractivity contribution in [2.24, 2.45) is 4.99 Å². The summed E-state index contributed by atoms with van der Waals surface area (Å²) >= 11 is 0. The van der Waals surface area contributed by atoms with Gasteiger partial charge in [0.2, 0.25) is 5.91 Å². The molecule has 0 saturated carbocycles. The van der Waals surface area contributed by atoms with Gasteiger partial charge >= 0.3 is 0 Å². The third kappa shape index (κ3) is 9.05. The predicted molar refractivity (Wildman–Crippen MR) is 112 cm³/mol. The summed E-state index contributed by atoms with van der Waals surface area (Å²) in [6.07, 6.45) is 4.39. The van der Waals surface area contributed by atoms with Gasteiger partial charge in [0.25, 0.3) is 0 Å². The Morgan fingerprint density at radius 1 is 1.17 bits per heavy atom. The summed E-state index contributed by atoms with van der Waals surface area (Å²) in [5.74, 6) is 0.823. The molecule has 0 aliphatic carbocycles. The third-order valence-corrected chi connectivity index (χ3v) is 4.22. The molecular formula is C17H36IN5O. The summed E-state index contributed by atoms with van der Waals surface area (Å²) in [5, 5.41) is 9.48. The summed E-state index contributed by atoms with van der Waals surface area (Å²) in [6.45, 7) is 12.3. The van der Waals surface area contributed by atoms with E-state index in [4.69, 9.17) is 0 Å². The summed E-state index contributed by atoms with van der Waals surface area (Å²) in [5.41, 5.74) is 0.104. The molecule has 1 fully saturated rings. The van der Waals surface area contributed by atoms with Crippen molar-refractivity contribution in [3.05, 3.63) is 0 Å². The van der Waals surface area contributed by atoms with Gasteiger partial charge in [-0.1, -0.05) is 6.42 Å². The Hall–Kier alpha value is -0.570. The zero-order valence-electron chi connectivity index (χ0n) is 15.9. The molecule has 0 aromatic carbocycles. The molecule has 1 heterocycles. The van der Waals surface area contributed by atoms with Crippen LogP contribution in [0.4, 0.5) is 0 Å². The summed E-state index contributed by atoms with van der Waals surface area (Å²) in [4.78, 5) is 18.4. The van der Waals surface area contributed by atoms with Crippen LogP contribution >= 0.6 is 24.0 Å². The molecular weight excluding hydrogens is 417 g/mol. The van der Waals surface area contributed by atoms with Gasteiger partial charge in [-0.05, 0) is 53.6 Å². The van der Waals surface area contributed by atoms with Gasteiger partial charge in [0.05, 0.1) is 0 Å². The highest BCUT2D eigenvalue weighted by molar-refractivity contribution is 14.0. The maximum Gasteiger partial charge on any atom is 0.221 e. The zero-order chi connectivity index (χ0) is 17.3. The number of likely N-dealkylation sites (tertiary alicyclic amines) is 1. The lowest BCUT2D eigenvalue weighted by Crippen LogP contribution is -2.55. The van der Waals surface area contributed by atoms with Crippen LogP contribution in [0.25, 0.3) is 0 Å². The van der Waals surface area contributed by atoms with E-state index in [-0.39, 0.29) is 41.5 Å². The number of piperidine rings is 1. The second kappa shape index (κ2) is 11.9. The van der Waals surface area contributed by atoms with E-state index in [0.717, 1.165) is 12.5 Å². The molecule has 142 valence electrons. The van der Waals surface area contributed by atoms with E-state index in [1.165, 1.54) is 32.4 Å². The highest BCUT2D eigenvalue weighted by Gasteiger charge is 2.27. The maximum absolute atomic E-state index is 11.6. The van der Waals surface area contributed by atoms with Gasteiger partial charge in [0.15, 0.2) is 5.96 Å². The largest absolute Gasteiger partial charge is 0.356 e. The summed E-state index contributed by atoms with van der Waals surface area (Å²) in [7, 11) is 1.76. The number of halogens is 1. The quantitative estimate of drug-likeness (QED) is 0.313. The van der Waals surface area contributed by atoms with Gasteiger partial charge in [-0.2, -0.15) is 0 Å². The van der Waals surface area contributed by atoms with E-state index in [1.54, 1.807) is 7.05 Å². The molecule has 6 nitrogen and oxygen atoms in total. The number of aliphatic imine (C=N–C) groups is 1. The predicted octanol–water partition coefficient (Wildman–Crippen LogP) is 1.95. The van der Waals surface area contributed by atoms with Crippen LogP contribution < -0.4 is 16.0 Å². The summed E-state index contributed by atoms with van der Waals surface area (Å²) < 4.78 is 0. The molecule has 1 amide bonds. The van der Waals surface area contributed by atoms with Crippen LogP contribution in [-0.2, 0) is 4.79 Å². The Balaban J connectivity index is 0.00000529. The maximum atomic E-state index is 11.6. The van der Waals surface area contributed by atoms with Crippen LogP contribution in [0.1, 0.15) is 53.4 Å². The Kier molecular flexibility index (Phi) is 11.6. The molecule has 24 heavy (non-hydrogen) atoms. The van der Waals surface area contributed by atoms with E-state index in [9.17, 15) is 4.79 Å². The molecule has 1 saturated heterocycles. The van der Waals surface area contributed by atoms with Gasteiger partial charge in [-0.25, -0.2) is 0 Å². The second-order valence-electron chi connectivity index (χ2n) is 7.18. The molecule has 0 spiro atoms. The molecule has 0 bridgehead atoms. The van der Waals surface area contributed by atoms with E-state index >= 15 is 0 Å². The number of rotatable bonds is 7. The lowest BCUT2D eigenvalue weighted by atomic mass is 9.98. The molecule has 1 aliphatic heterocycles. The molecule has 0 aromatic rings. The van der Waals surface area contributed by atoms with Crippen molar-refractivity contribution in [2.75, 3.05) is 33.2 Å². The number of hydrogen-bond donors (Lipinski definition) is 3. The minimum Gasteiger partial charge on any atom is -0.356 e. The van der Waals surface area contributed by atoms with Crippen molar-refractivity contribution in [2.45, 2.75) is 65.0 Å². The first-order valence-electron chi connectivity index (χ1n) is 8.84. The van der Waals surface area contributed by atoms with Crippen LogP contribution in [0.15, 0.2) is 4.99 Å². The van der Waals surface area contributed by atoms with Gasteiger partial charge in [0.1, 0.15) is 0 Å². The molecule has 0 atom stereocenters. The molecule has 7 heteroatoms. The second-order valence-corrected chi connectivity index (χ2v) is 7.18. The first-order chi connectivity index (χ1) is 10.8. The van der Waals surface area contributed by atoms with Crippen molar-refractivity contribution in [1.82, 2.24) is 20.9 Å². The van der Waals surface area contributed by atoms with Crippen LogP contribution in [0.3, 0.4) is 0 Å². The zero-order valence-corrected chi connectivity index (χ0v) is 18.3. The van der Waals surface area contributed by atoms with Crippen molar-refractivity contribution in [3.8, 4) is 0 Å². The number of nitrogens with zero attached hydrogens (tertiary/aromatic N) is 2. The Bertz CT molecular complexity index is 392. The first-order valence-corrected chi connectivity index (χ1v) is 8.84. The average molecular weight is 453 g/mol. The van der Waals surface area contributed by atoms with Gasteiger partial charge in [0, 0.05) is 38.1 Å². The number of guanidine groups is 1. The molecule has 0 radical (unpaired) electrons. The fourth-order valence-electron chi connectivity index (χ4n) is 2.82. The normalized spacial score (nSPS) is 16.5. The molecule has 0 unspecified atom stereocenters. The van der Waals surface area contributed by atoms with E-state index in [1.807, 2.05) is 13.8 Å². The topological polar surface area (TPSA) is 68.8 Å². The fraction of sp³-hybridized carbons (Fsp3) is 0.882. The van der Waals surface area contributed by atoms with Crippen molar-refractivity contribution in [1.29, 1.82) is 0 Å². The number of hydrogen-bond acceptors (Lipinski definition) is 3. The minimum atomic E-state index is 0. The molecule has 1 aliphatic rings. The van der Waals surface area contributed by atoms with Gasteiger partial charge in [-0.15, -0.1) is 24.0 Å². The highest BCUT2D eigenvalue weighted by Crippen LogP contribution is 2.19. The fourth-order valence-corrected chi connectivity index (χ4v) is 2.82. The molecule has 1 rings (SSSR count). The number of nitrogens with one attached hydrogen (secondary N) is 3. The van der Waals surface area contributed by atoms with Gasteiger partial charge in [-0.3, -0.25) is 14.7 Å². The summed E-state index contributed by atoms with van der Waals surface area (Å²) in [6, 6.07) is 0.185. The third-order valence-electron chi connectivity index (χ3n) is 4.22. The lowest BCUT2D eigenvalue weighted by molar-refractivity contribution is -0.121. The lowest BCUT2D eigenvalue weighted by Gasteiger charge is -2.41. The average Bonchev–Trinajstić information content (AvgIpc) is 2.50. The number of carbonyl (C=O) groups is 1. The van der Waals surface area contributed by atoms with Crippen LogP contribution in [0.2, 0.25) is 0 Å². The standard InChI is InChI=1S/C17H35N5O.HI/c1-14(2)21-15(23)9-10-19-16(18-5)20-13-17(3,4)22-11-7-6-8-12-22;/h14H,6-13H2,1-5H3,(H,21,23)(H2,18,19,20);1H. The van der Waals surface area contributed by atoms with E-state index in [0.29, 0.717) is 13.0 Å². The van der Waals surface area contributed by atoms with E-state index < -0.39 is 0 Å². The first kappa shape index (κ1) is 23.4.